The molecule has 100 valence electrons. The van der Waals surface area contributed by atoms with Gasteiger partial charge in [0.1, 0.15) is 0 Å². The summed E-state index contributed by atoms with van der Waals surface area (Å²) in [6.45, 7) is 8.89. The summed E-state index contributed by atoms with van der Waals surface area (Å²) in [5.41, 5.74) is 3.63. The largest absolute Gasteiger partial charge is 0.294 e. The maximum absolute atomic E-state index is 12.6. The molecule has 1 aromatic carbocycles. The summed E-state index contributed by atoms with van der Waals surface area (Å²) in [6.07, 6.45) is 4.34. The summed E-state index contributed by atoms with van der Waals surface area (Å²) in [6, 6.07) is 8.44. The average molecular weight is 254 g/mol. The number of Topliss-reactive ketones (excluding diaryl/α,β-unsaturated/α-hetero) is 1. The molecule has 0 aromatic heterocycles. The first kappa shape index (κ1) is 12.7. The van der Waals surface area contributed by atoms with Crippen molar-refractivity contribution < 1.29 is 4.79 Å². The van der Waals surface area contributed by atoms with Crippen LogP contribution in [-0.4, -0.2) is 5.78 Å². The second kappa shape index (κ2) is 3.82. The van der Waals surface area contributed by atoms with Crippen molar-refractivity contribution in [3.05, 3.63) is 41.0 Å². The van der Waals surface area contributed by atoms with Gasteiger partial charge in [0.2, 0.25) is 0 Å². The summed E-state index contributed by atoms with van der Waals surface area (Å²) in [5, 5.41) is 0. The molecule has 0 unspecified atom stereocenters. The number of benzene rings is 1. The lowest BCUT2D eigenvalue weighted by Gasteiger charge is -2.34. The van der Waals surface area contributed by atoms with Gasteiger partial charge < -0.3 is 0 Å². The van der Waals surface area contributed by atoms with E-state index in [2.05, 4.69) is 58.0 Å². The van der Waals surface area contributed by atoms with Crippen LogP contribution >= 0.6 is 0 Å². The van der Waals surface area contributed by atoms with Crippen molar-refractivity contribution in [2.45, 2.75) is 40.5 Å². The van der Waals surface area contributed by atoms with Gasteiger partial charge in [-0.15, -0.1) is 0 Å². The second-order valence-electron chi connectivity index (χ2n) is 6.98. The van der Waals surface area contributed by atoms with Crippen LogP contribution in [-0.2, 0) is 4.79 Å². The topological polar surface area (TPSA) is 17.1 Å². The molecule has 2 bridgehead atoms. The van der Waals surface area contributed by atoms with E-state index < -0.39 is 0 Å². The highest BCUT2D eigenvalue weighted by molar-refractivity contribution is 6.06. The predicted molar refractivity (Wildman–Crippen MR) is 78.8 cm³/mol. The third-order valence-corrected chi connectivity index (χ3v) is 5.79. The summed E-state index contributed by atoms with van der Waals surface area (Å²) in [7, 11) is 0. The molecule has 1 nitrogen and oxygen atoms in total. The summed E-state index contributed by atoms with van der Waals surface area (Å²) in [4.78, 5) is 12.6. The number of hydrogen-bond acceptors (Lipinski definition) is 1. The molecule has 1 aromatic rings. The van der Waals surface area contributed by atoms with Crippen LogP contribution in [0.1, 0.15) is 44.7 Å². The first-order chi connectivity index (χ1) is 8.86. The van der Waals surface area contributed by atoms with Gasteiger partial charge in [-0.1, -0.05) is 50.6 Å². The number of carbonyl (C=O) groups excluding carboxylic acids is 1. The standard InChI is InChI=1S/C18H22O/c1-12-5-7-13(8-6-12)11-15-16(19)14-9-10-18(15,4)17(14,2)3/h5-8,11,14H,9-10H2,1-4H3/b15-11-/t14-,18+/m1/s1. The van der Waals surface area contributed by atoms with E-state index in [9.17, 15) is 4.79 Å². The SMILES string of the molecule is Cc1ccc(/C=C2/C(=O)[C@H]3CC[C@]2(C)C3(C)C)cc1. The number of hydrogen-bond donors (Lipinski definition) is 0. The van der Waals surface area contributed by atoms with Gasteiger partial charge in [-0.3, -0.25) is 4.79 Å². The van der Waals surface area contributed by atoms with Crippen LogP contribution in [0, 0.1) is 23.7 Å². The number of allylic oxidation sites excluding steroid dienone is 1. The van der Waals surface area contributed by atoms with Crippen LogP contribution in [0.15, 0.2) is 29.8 Å². The van der Waals surface area contributed by atoms with Crippen molar-refractivity contribution in [1.29, 1.82) is 0 Å². The van der Waals surface area contributed by atoms with Crippen LogP contribution in [0.3, 0.4) is 0 Å². The fourth-order valence-electron chi connectivity index (χ4n) is 3.96. The quantitative estimate of drug-likeness (QED) is 0.679. The Morgan fingerprint density at radius 3 is 2.32 bits per heavy atom. The maximum Gasteiger partial charge on any atom is 0.163 e. The molecule has 0 N–H and O–H groups in total. The molecular weight excluding hydrogens is 232 g/mol. The lowest BCUT2D eigenvalue weighted by Crippen LogP contribution is -2.27. The zero-order chi connectivity index (χ0) is 13.8. The smallest absolute Gasteiger partial charge is 0.163 e. The molecule has 2 atom stereocenters. The van der Waals surface area contributed by atoms with Gasteiger partial charge >= 0.3 is 0 Å². The molecule has 2 saturated carbocycles. The average Bonchev–Trinajstić information content (AvgIpc) is 2.66. The monoisotopic (exact) mass is 254 g/mol. The fourth-order valence-corrected chi connectivity index (χ4v) is 3.96. The van der Waals surface area contributed by atoms with Crippen LogP contribution in [0.4, 0.5) is 0 Å². The number of ketones is 1. The molecule has 0 saturated heterocycles. The van der Waals surface area contributed by atoms with Gasteiger partial charge in [0.25, 0.3) is 0 Å². The van der Waals surface area contributed by atoms with E-state index in [-0.39, 0.29) is 16.7 Å². The highest BCUT2D eigenvalue weighted by atomic mass is 16.1. The first-order valence-electron chi connectivity index (χ1n) is 7.19. The first-order valence-corrected chi connectivity index (χ1v) is 7.19. The number of aryl methyl sites for hydroxylation is 1. The molecule has 0 spiro atoms. The van der Waals surface area contributed by atoms with Gasteiger partial charge in [0.15, 0.2) is 5.78 Å². The molecule has 2 aliphatic rings. The van der Waals surface area contributed by atoms with Crippen LogP contribution in [0.5, 0.6) is 0 Å². The number of fused-ring (bicyclic) bond motifs is 2. The molecule has 2 aliphatic carbocycles. The van der Waals surface area contributed by atoms with Crippen molar-refractivity contribution in [1.82, 2.24) is 0 Å². The molecule has 0 aliphatic heterocycles. The molecule has 2 fully saturated rings. The molecule has 0 amide bonds. The van der Waals surface area contributed by atoms with Crippen LogP contribution < -0.4 is 0 Å². The Balaban J connectivity index is 2.07. The normalized spacial score (nSPS) is 34.2. The molecule has 1 heteroatoms. The highest BCUT2D eigenvalue weighted by Gasteiger charge is 2.63. The minimum absolute atomic E-state index is 0.0552. The Morgan fingerprint density at radius 1 is 1.16 bits per heavy atom. The summed E-state index contributed by atoms with van der Waals surface area (Å²) >= 11 is 0. The molecule has 19 heavy (non-hydrogen) atoms. The predicted octanol–water partition coefficient (Wildman–Crippen LogP) is 4.40. The Labute approximate surface area is 115 Å². The number of rotatable bonds is 1. The van der Waals surface area contributed by atoms with Crippen molar-refractivity contribution in [3.63, 3.8) is 0 Å². The van der Waals surface area contributed by atoms with Crippen LogP contribution in [0.25, 0.3) is 6.08 Å². The van der Waals surface area contributed by atoms with E-state index in [4.69, 9.17) is 0 Å². The highest BCUT2D eigenvalue weighted by Crippen LogP contribution is 2.66. The maximum atomic E-state index is 12.6. The van der Waals surface area contributed by atoms with Gasteiger partial charge in [-0.2, -0.15) is 0 Å². The third-order valence-electron chi connectivity index (χ3n) is 5.79. The lowest BCUT2D eigenvalue weighted by atomic mass is 9.69. The van der Waals surface area contributed by atoms with E-state index in [0.29, 0.717) is 5.78 Å². The fraction of sp³-hybridized carbons (Fsp3) is 0.500. The van der Waals surface area contributed by atoms with Crippen molar-refractivity contribution in [2.75, 3.05) is 0 Å². The third kappa shape index (κ3) is 1.57. The van der Waals surface area contributed by atoms with Gasteiger partial charge in [0, 0.05) is 16.9 Å². The minimum atomic E-state index is 0.0552. The van der Waals surface area contributed by atoms with E-state index in [0.717, 1.165) is 24.0 Å². The van der Waals surface area contributed by atoms with E-state index >= 15 is 0 Å². The van der Waals surface area contributed by atoms with E-state index in [1.807, 2.05) is 0 Å². The Morgan fingerprint density at radius 2 is 1.79 bits per heavy atom. The summed E-state index contributed by atoms with van der Waals surface area (Å²) in [5.74, 6) is 0.619. The van der Waals surface area contributed by atoms with Crippen molar-refractivity contribution in [2.24, 2.45) is 16.7 Å². The number of carbonyl (C=O) groups is 1. The Kier molecular flexibility index (Phi) is 2.54. The van der Waals surface area contributed by atoms with Gasteiger partial charge in [0.05, 0.1) is 0 Å². The molecule has 0 heterocycles. The molecule has 0 radical (unpaired) electrons. The Hall–Kier alpha value is -1.37. The second-order valence-corrected chi connectivity index (χ2v) is 6.98. The minimum Gasteiger partial charge on any atom is -0.294 e. The molecule has 3 rings (SSSR count). The van der Waals surface area contributed by atoms with Gasteiger partial charge in [-0.05, 0) is 36.8 Å². The van der Waals surface area contributed by atoms with Crippen molar-refractivity contribution >= 4 is 11.9 Å². The van der Waals surface area contributed by atoms with Crippen LogP contribution in [0.2, 0.25) is 0 Å². The Bertz CT molecular complexity index is 562. The zero-order valence-electron chi connectivity index (χ0n) is 12.3. The van der Waals surface area contributed by atoms with Crippen molar-refractivity contribution in [3.8, 4) is 0 Å². The summed E-state index contributed by atoms with van der Waals surface area (Å²) < 4.78 is 0. The molecular formula is C18H22O. The van der Waals surface area contributed by atoms with E-state index in [1.54, 1.807) is 0 Å². The van der Waals surface area contributed by atoms with Gasteiger partial charge in [-0.25, -0.2) is 0 Å². The lowest BCUT2D eigenvalue weighted by molar-refractivity contribution is -0.119. The van der Waals surface area contributed by atoms with E-state index in [1.165, 1.54) is 5.56 Å². The zero-order valence-corrected chi connectivity index (χ0v) is 12.3.